The predicted molar refractivity (Wildman–Crippen MR) is 126 cm³/mol. The number of carbonyl (C=O) groups is 2. The van der Waals surface area contributed by atoms with Crippen molar-refractivity contribution in [3.05, 3.63) is 58.7 Å². The van der Waals surface area contributed by atoms with E-state index in [2.05, 4.69) is 17.6 Å². The number of carbonyl (C=O) groups excluding carboxylic acids is 2. The summed E-state index contributed by atoms with van der Waals surface area (Å²) in [5.74, 6) is -0.185. The van der Waals surface area contributed by atoms with Crippen molar-refractivity contribution in [3.63, 3.8) is 0 Å². The molecule has 31 heavy (non-hydrogen) atoms. The smallest absolute Gasteiger partial charge is 0.196 e. The van der Waals surface area contributed by atoms with Gasteiger partial charge in [-0.05, 0) is 31.4 Å². The molecule has 5 nitrogen and oxygen atoms in total. The molecule has 5 heteroatoms. The molecule has 166 valence electrons. The Bertz CT molecular complexity index is 908. The van der Waals surface area contributed by atoms with Crippen LogP contribution in [-0.4, -0.2) is 36.4 Å². The highest BCUT2D eigenvalue weighted by Gasteiger charge is 2.33. The molecule has 0 saturated carbocycles. The summed E-state index contributed by atoms with van der Waals surface area (Å²) in [4.78, 5) is 26.7. The van der Waals surface area contributed by atoms with E-state index < -0.39 is 0 Å². The molecule has 0 fully saturated rings. The van der Waals surface area contributed by atoms with Gasteiger partial charge in [0.1, 0.15) is 0 Å². The van der Waals surface area contributed by atoms with E-state index in [0.717, 1.165) is 63.0 Å². The van der Waals surface area contributed by atoms with Crippen LogP contribution in [-0.2, 0) is 0 Å². The quantitative estimate of drug-likeness (QED) is 0.321. The molecule has 0 bridgehead atoms. The third-order valence-corrected chi connectivity index (χ3v) is 5.82. The van der Waals surface area contributed by atoms with Gasteiger partial charge in [0.15, 0.2) is 11.6 Å². The minimum absolute atomic E-state index is 0.0900. The maximum absolute atomic E-state index is 13.4. The van der Waals surface area contributed by atoms with Crippen molar-refractivity contribution in [2.45, 2.75) is 58.3 Å². The maximum atomic E-state index is 13.4. The Labute approximate surface area is 185 Å². The van der Waals surface area contributed by atoms with E-state index in [-0.39, 0.29) is 18.2 Å². The van der Waals surface area contributed by atoms with Crippen LogP contribution in [0.2, 0.25) is 0 Å². The van der Waals surface area contributed by atoms with Crippen molar-refractivity contribution in [1.29, 1.82) is 0 Å². The van der Waals surface area contributed by atoms with Gasteiger partial charge in [0.25, 0.3) is 0 Å². The molecule has 0 saturated heterocycles. The second-order valence-corrected chi connectivity index (χ2v) is 8.17. The van der Waals surface area contributed by atoms with E-state index in [1.165, 1.54) is 12.8 Å². The summed E-state index contributed by atoms with van der Waals surface area (Å²) in [6.07, 6.45) is 8.34. The number of ketones is 2. The molecule has 1 aliphatic carbocycles. The first-order valence-electron chi connectivity index (χ1n) is 11.6. The van der Waals surface area contributed by atoms with Crippen LogP contribution in [0.5, 0.6) is 0 Å². The number of aliphatic hydroxyl groups is 1. The molecule has 0 unspecified atom stereocenters. The molecule has 0 radical (unpaired) electrons. The first-order chi connectivity index (χ1) is 15.2. The number of unbranched alkanes of at least 4 members (excludes halogenated alkanes) is 6. The van der Waals surface area contributed by atoms with Gasteiger partial charge in [-0.15, -0.1) is 0 Å². The van der Waals surface area contributed by atoms with Crippen LogP contribution < -0.4 is 10.6 Å². The third kappa shape index (κ3) is 5.53. The summed E-state index contributed by atoms with van der Waals surface area (Å²) in [7, 11) is 0. The number of nitrogens with one attached hydrogen (secondary N) is 2. The van der Waals surface area contributed by atoms with Crippen molar-refractivity contribution < 1.29 is 14.7 Å². The number of hydrogen-bond acceptors (Lipinski definition) is 5. The predicted octanol–water partition coefficient (Wildman–Crippen LogP) is 5.42. The van der Waals surface area contributed by atoms with Crippen LogP contribution >= 0.6 is 0 Å². The monoisotopic (exact) mass is 422 g/mol. The van der Waals surface area contributed by atoms with Crippen LogP contribution in [0.25, 0.3) is 0 Å². The molecule has 0 atom stereocenters. The van der Waals surface area contributed by atoms with Gasteiger partial charge in [-0.1, -0.05) is 63.3 Å². The summed E-state index contributed by atoms with van der Waals surface area (Å²) in [5, 5.41) is 15.7. The molecule has 3 N–H and O–H groups in total. The summed E-state index contributed by atoms with van der Waals surface area (Å²) in [6, 6.07) is 10.9. The van der Waals surface area contributed by atoms with Gasteiger partial charge in [0.2, 0.25) is 0 Å². The maximum Gasteiger partial charge on any atom is 0.196 e. The van der Waals surface area contributed by atoms with Crippen molar-refractivity contribution in [2.75, 3.05) is 30.3 Å². The number of rotatable bonds is 13. The lowest BCUT2D eigenvalue weighted by Gasteiger charge is -2.24. The van der Waals surface area contributed by atoms with Crippen molar-refractivity contribution in [1.82, 2.24) is 0 Å². The molecule has 0 heterocycles. The standard InChI is InChI=1S/C26H34N2O3/c1-2-3-4-9-16-27-21-14-15-22(28-17-10-5-6-11-18-29)24-23(21)25(30)19-12-7-8-13-20(19)26(24)31/h7-8,12-15,27-29H,2-6,9-11,16-18H2,1H3. The lowest BCUT2D eigenvalue weighted by Crippen LogP contribution is -2.24. The Morgan fingerprint density at radius 3 is 1.65 bits per heavy atom. The van der Waals surface area contributed by atoms with Crippen LogP contribution in [0.1, 0.15) is 90.1 Å². The second-order valence-electron chi connectivity index (χ2n) is 8.17. The number of benzene rings is 2. The molecule has 0 aliphatic heterocycles. The van der Waals surface area contributed by atoms with E-state index in [0.29, 0.717) is 22.3 Å². The highest BCUT2D eigenvalue weighted by molar-refractivity contribution is 6.31. The third-order valence-electron chi connectivity index (χ3n) is 5.82. The Kier molecular flexibility index (Phi) is 8.65. The normalized spacial score (nSPS) is 12.5. The first kappa shape index (κ1) is 23.0. The van der Waals surface area contributed by atoms with Crippen LogP contribution in [0.15, 0.2) is 36.4 Å². The number of aliphatic hydroxyl groups excluding tert-OH is 1. The van der Waals surface area contributed by atoms with Gasteiger partial charge in [-0.3, -0.25) is 9.59 Å². The summed E-state index contributed by atoms with van der Waals surface area (Å²) < 4.78 is 0. The van der Waals surface area contributed by atoms with Crippen molar-refractivity contribution in [2.24, 2.45) is 0 Å². The minimum atomic E-state index is -0.0948. The first-order valence-corrected chi connectivity index (χ1v) is 11.6. The number of hydrogen-bond donors (Lipinski definition) is 3. The lowest BCUT2D eigenvalue weighted by molar-refractivity contribution is 0.0980. The fourth-order valence-corrected chi connectivity index (χ4v) is 4.11. The van der Waals surface area contributed by atoms with E-state index >= 15 is 0 Å². The molecule has 0 aromatic heterocycles. The Morgan fingerprint density at radius 2 is 1.16 bits per heavy atom. The van der Waals surface area contributed by atoms with Gasteiger partial charge in [0, 0.05) is 42.2 Å². The molecule has 2 aromatic rings. The second kappa shape index (κ2) is 11.7. The average Bonchev–Trinajstić information content (AvgIpc) is 2.79. The topological polar surface area (TPSA) is 78.4 Å². The van der Waals surface area contributed by atoms with E-state index in [4.69, 9.17) is 5.11 Å². The van der Waals surface area contributed by atoms with Gasteiger partial charge >= 0.3 is 0 Å². The largest absolute Gasteiger partial charge is 0.396 e. The minimum Gasteiger partial charge on any atom is -0.396 e. The van der Waals surface area contributed by atoms with Gasteiger partial charge < -0.3 is 15.7 Å². The fraction of sp³-hybridized carbons (Fsp3) is 0.462. The number of fused-ring (bicyclic) bond motifs is 2. The summed E-state index contributed by atoms with van der Waals surface area (Å²) in [6.45, 7) is 3.92. The van der Waals surface area contributed by atoms with E-state index in [9.17, 15) is 9.59 Å². The molecule has 1 aliphatic rings. The highest BCUT2D eigenvalue weighted by Crippen LogP contribution is 2.36. The average molecular weight is 423 g/mol. The van der Waals surface area contributed by atoms with E-state index in [1.54, 1.807) is 24.3 Å². The highest BCUT2D eigenvalue weighted by atomic mass is 16.3. The molecule has 0 spiro atoms. The zero-order chi connectivity index (χ0) is 22.1. The lowest BCUT2D eigenvalue weighted by atomic mass is 9.82. The molecule has 0 amide bonds. The summed E-state index contributed by atoms with van der Waals surface area (Å²) >= 11 is 0. The Balaban J connectivity index is 1.83. The van der Waals surface area contributed by atoms with E-state index in [1.807, 2.05) is 12.1 Å². The van der Waals surface area contributed by atoms with Gasteiger partial charge in [-0.2, -0.15) is 0 Å². The summed E-state index contributed by atoms with van der Waals surface area (Å²) in [5.41, 5.74) is 3.40. The fourth-order valence-electron chi connectivity index (χ4n) is 4.11. The van der Waals surface area contributed by atoms with Crippen molar-refractivity contribution in [3.8, 4) is 0 Å². The molecular formula is C26H34N2O3. The van der Waals surface area contributed by atoms with Gasteiger partial charge in [0.05, 0.1) is 11.1 Å². The van der Waals surface area contributed by atoms with Crippen LogP contribution in [0.3, 0.4) is 0 Å². The Hall–Kier alpha value is -2.66. The van der Waals surface area contributed by atoms with Crippen LogP contribution in [0.4, 0.5) is 11.4 Å². The van der Waals surface area contributed by atoms with Gasteiger partial charge in [-0.25, -0.2) is 0 Å². The molecular weight excluding hydrogens is 388 g/mol. The molecule has 2 aromatic carbocycles. The van der Waals surface area contributed by atoms with Crippen molar-refractivity contribution >= 4 is 22.9 Å². The zero-order valence-corrected chi connectivity index (χ0v) is 18.5. The molecule has 3 rings (SSSR count). The number of anilines is 2. The SMILES string of the molecule is CCCCCCNc1ccc(NCCCCCCO)c2c1C(=O)c1ccccc1C2=O. The van der Waals surface area contributed by atoms with Crippen LogP contribution in [0, 0.1) is 0 Å². The zero-order valence-electron chi connectivity index (χ0n) is 18.5. The Morgan fingerprint density at radius 1 is 0.677 bits per heavy atom.